The summed E-state index contributed by atoms with van der Waals surface area (Å²) in [6.07, 6.45) is 3.38. The van der Waals surface area contributed by atoms with Gasteiger partial charge >= 0.3 is 0 Å². The normalized spacial score (nSPS) is 23.3. The minimum absolute atomic E-state index is 0. The Labute approximate surface area is 59.8 Å². The van der Waals surface area contributed by atoms with Gasteiger partial charge in [0.15, 0.2) is 0 Å². The van der Waals surface area contributed by atoms with Gasteiger partial charge in [0.25, 0.3) is 0 Å². The highest BCUT2D eigenvalue weighted by molar-refractivity contribution is 5.85. The molecule has 3 nitrogen and oxygen atoms in total. The van der Waals surface area contributed by atoms with Crippen molar-refractivity contribution in [3.8, 4) is 0 Å². The molecule has 9 heavy (non-hydrogen) atoms. The van der Waals surface area contributed by atoms with Crippen molar-refractivity contribution in [1.29, 1.82) is 5.41 Å². The summed E-state index contributed by atoms with van der Waals surface area (Å²) in [5, 5.41) is 6.89. The molecule has 4 heteroatoms. The van der Waals surface area contributed by atoms with Gasteiger partial charge in [-0.1, -0.05) is 12.2 Å². The number of nitrogens with one attached hydrogen (secondary N) is 1. The van der Waals surface area contributed by atoms with Gasteiger partial charge in [-0.3, -0.25) is 5.41 Å². The first kappa shape index (κ1) is 8.46. The fourth-order valence-corrected chi connectivity index (χ4v) is 0.587. The second-order valence-corrected chi connectivity index (χ2v) is 1.64. The van der Waals surface area contributed by atoms with E-state index in [1.807, 2.05) is 6.08 Å². The lowest BCUT2D eigenvalue weighted by Crippen LogP contribution is -2.25. The molecule has 52 valence electrons. The van der Waals surface area contributed by atoms with E-state index in [2.05, 4.69) is 0 Å². The van der Waals surface area contributed by atoms with E-state index in [1.54, 1.807) is 6.08 Å². The molecule has 0 aromatic heterocycles. The number of nitrogens with two attached hydrogens (primary N) is 1. The van der Waals surface area contributed by atoms with E-state index in [4.69, 9.17) is 15.9 Å². The predicted octanol–water partition coefficient (Wildman–Crippen LogP) is 0.299. The zero-order valence-electron chi connectivity index (χ0n) is 4.83. The smallest absolute Gasteiger partial charge is 0.133 e. The maximum absolute atomic E-state index is 6.89. The van der Waals surface area contributed by atoms with Gasteiger partial charge in [-0.25, -0.2) is 0 Å². The zero-order valence-corrected chi connectivity index (χ0v) is 5.65. The van der Waals surface area contributed by atoms with E-state index in [0.29, 0.717) is 6.61 Å². The van der Waals surface area contributed by atoms with Crippen molar-refractivity contribution in [2.75, 3.05) is 6.61 Å². The summed E-state index contributed by atoms with van der Waals surface area (Å²) >= 11 is 0. The highest BCUT2D eigenvalue weighted by Gasteiger charge is 2.10. The van der Waals surface area contributed by atoms with E-state index >= 15 is 0 Å². The first-order valence-corrected chi connectivity index (χ1v) is 2.43. The lowest BCUT2D eigenvalue weighted by Gasteiger charge is -2.02. The third-order valence-corrected chi connectivity index (χ3v) is 0.989. The zero-order chi connectivity index (χ0) is 5.98. The molecule has 0 bridgehead atoms. The molecule has 1 rings (SSSR count). The number of amidine groups is 1. The largest absolute Gasteiger partial charge is 0.385 e. The molecule has 0 spiro atoms. The Kier molecular flexibility index (Phi) is 3.27. The van der Waals surface area contributed by atoms with Crippen molar-refractivity contribution in [1.82, 2.24) is 0 Å². The van der Waals surface area contributed by atoms with E-state index < -0.39 is 0 Å². The van der Waals surface area contributed by atoms with Crippen LogP contribution in [-0.4, -0.2) is 18.5 Å². The van der Waals surface area contributed by atoms with Gasteiger partial charge in [-0.2, -0.15) is 0 Å². The standard InChI is InChI=1S/C5H8N2O.ClH/c6-5(7)4-2-1-3-8-4;/h1-2,4H,3H2,(H3,6,7);1H. The van der Waals surface area contributed by atoms with Gasteiger partial charge < -0.3 is 10.5 Å². The van der Waals surface area contributed by atoms with Crippen LogP contribution >= 0.6 is 12.4 Å². The Balaban J connectivity index is 0.000000640. The number of hydrogen-bond acceptors (Lipinski definition) is 2. The molecule has 0 fully saturated rings. The lowest BCUT2D eigenvalue weighted by atomic mass is 10.3. The maximum Gasteiger partial charge on any atom is 0.133 e. The molecule has 0 saturated carbocycles. The van der Waals surface area contributed by atoms with Crippen LogP contribution in [0.5, 0.6) is 0 Å². The summed E-state index contributed by atoms with van der Waals surface area (Å²) < 4.78 is 4.95. The first-order chi connectivity index (χ1) is 3.80. The molecule has 1 aliphatic rings. The van der Waals surface area contributed by atoms with Crippen molar-refractivity contribution in [3.63, 3.8) is 0 Å². The fraction of sp³-hybridized carbons (Fsp3) is 0.400. The second-order valence-electron chi connectivity index (χ2n) is 1.64. The molecule has 0 amide bonds. The Morgan fingerprint density at radius 2 is 2.44 bits per heavy atom. The number of hydrogen-bond donors (Lipinski definition) is 2. The Morgan fingerprint density at radius 3 is 2.67 bits per heavy atom. The first-order valence-electron chi connectivity index (χ1n) is 2.43. The van der Waals surface area contributed by atoms with Crippen LogP contribution in [-0.2, 0) is 4.74 Å². The molecule has 0 aliphatic carbocycles. The molecule has 0 radical (unpaired) electrons. The fourth-order valence-electron chi connectivity index (χ4n) is 0.587. The summed E-state index contributed by atoms with van der Waals surface area (Å²) in [5.41, 5.74) is 5.10. The van der Waals surface area contributed by atoms with E-state index in [1.165, 1.54) is 0 Å². The SMILES string of the molecule is Cl.N=C(N)C1C=CCO1. The van der Waals surface area contributed by atoms with Gasteiger partial charge in [-0.15, -0.1) is 12.4 Å². The predicted molar refractivity (Wildman–Crippen MR) is 38.0 cm³/mol. The molecular weight excluding hydrogens is 140 g/mol. The molecule has 1 unspecified atom stereocenters. The Hall–Kier alpha value is -0.540. The monoisotopic (exact) mass is 148 g/mol. The Morgan fingerprint density at radius 1 is 1.78 bits per heavy atom. The quantitative estimate of drug-likeness (QED) is 0.319. The van der Waals surface area contributed by atoms with Crippen molar-refractivity contribution >= 4 is 18.2 Å². The average molecular weight is 149 g/mol. The van der Waals surface area contributed by atoms with Gasteiger partial charge in [0.1, 0.15) is 11.9 Å². The number of ether oxygens (including phenoxy) is 1. The van der Waals surface area contributed by atoms with Crippen LogP contribution in [0.1, 0.15) is 0 Å². The van der Waals surface area contributed by atoms with Crippen LogP contribution in [0.4, 0.5) is 0 Å². The van der Waals surface area contributed by atoms with Gasteiger partial charge in [-0.05, 0) is 0 Å². The van der Waals surface area contributed by atoms with Crippen LogP contribution in [0.2, 0.25) is 0 Å². The minimum Gasteiger partial charge on any atom is -0.385 e. The van der Waals surface area contributed by atoms with E-state index in [9.17, 15) is 0 Å². The van der Waals surface area contributed by atoms with Crippen LogP contribution in [0, 0.1) is 5.41 Å². The van der Waals surface area contributed by atoms with Gasteiger partial charge in [0.2, 0.25) is 0 Å². The molecule has 1 aliphatic heterocycles. The van der Waals surface area contributed by atoms with E-state index in [0.717, 1.165) is 0 Å². The summed E-state index contributed by atoms with van der Waals surface area (Å²) in [4.78, 5) is 0. The molecule has 3 N–H and O–H groups in total. The molecule has 1 atom stereocenters. The Bertz CT molecular complexity index is 135. The maximum atomic E-state index is 6.89. The highest BCUT2D eigenvalue weighted by atomic mass is 35.5. The minimum atomic E-state index is -0.255. The average Bonchev–Trinajstić information content (AvgIpc) is 2.12. The third kappa shape index (κ3) is 2.03. The van der Waals surface area contributed by atoms with Crippen LogP contribution < -0.4 is 5.73 Å². The third-order valence-electron chi connectivity index (χ3n) is 0.989. The van der Waals surface area contributed by atoms with Crippen molar-refractivity contribution < 1.29 is 4.74 Å². The van der Waals surface area contributed by atoms with Gasteiger partial charge in [0, 0.05) is 0 Å². The second kappa shape index (κ2) is 3.48. The topological polar surface area (TPSA) is 59.1 Å². The molecule has 0 aromatic carbocycles. The molecule has 0 aromatic rings. The number of halogens is 1. The van der Waals surface area contributed by atoms with Crippen molar-refractivity contribution in [2.24, 2.45) is 5.73 Å². The molecule has 1 heterocycles. The van der Waals surface area contributed by atoms with Crippen LogP contribution in [0.15, 0.2) is 12.2 Å². The summed E-state index contributed by atoms with van der Waals surface area (Å²) in [7, 11) is 0. The van der Waals surface area contributed by atoms with Crippen LogP contribution in [0.25, 0.3) is 0 Å². The van der Waals surface area contributed by atoms with Crippen molar-refractivity contribution in [2.45, 2.75) is 6.10 Å². The van der Waals surface area contributed by atoms with E-state index in [-0.39, 0.29) is 24.3 Å². The highest BCUT2D eigenvalue weighted by Crippen LogP contribution is 2.00. The lowest BCUT2D eigenvalue weighted by molar-refractivity contribution is 0.173. The summed E-state index contributed by atoms with van der Waals surface area (Å²) in [5.74, 6) is 0.0822. The van der Waals surface area contributed by atoms with Crippen molar-refractivity contribution in [3.05, 3.63) is 12.2 Å². The number of rotatable bonds is 1. The van der Waals surface area contributed by atoms with Crippen LogP contribution in [0.3, 0.4) is 0 Å². The molecule has 0 saturated heterocycles. The summed E-state index contributed by atoms with van der Waals surface area (Å²) in [6, 6.07) is 0. The molecular formula is C5H9ClN2O. The van der Waals surface area contributed by atoms with Gasteiger partial charge in [0.05, 0.1) is 6.61 Å². The summed E-state index contributed by atoms with van der Waals surface area (Å²) in [6.45, 7) is 0.588.